The van der Waals surface area contributed by atoms with Crippen molar-refractivity contribution in [2.45, 2.75) is 0 Å². The maximum atomic E-state index is 12.7. The Balaban J connectivity index is 1.83. The summed E-state index contributed by atoms with van der Waals surface area (Å²) < 4.78 is 11.0. The number of hydrogen-bond donors (Lipinski definition) is 0. The normalized spacial score (nSPS) is 10.3. The van der Waals surface area contributed by atoms with Crippen LogP contribution in [0, 0.1) is 0 Å². The number of anilines is 1. The molecule has 0 atom stereocenters. The Labute approximate surface area is 162 Å². The van der Waals surface area contributed by atoms with Crippen LogP contribution in [-0.2, 0) is 0 Å². The van der Waals surface area contributed by atoms with Crippen molar-refractivity contribution >= 4 is 22.9 Å². The Kier molecular flexibility index (Phi) is 5.88. The standard InChI is InChI=1S/C21H20N2O3S/c1-4-12-26-18-11-10-15(13-19(18)25-3)20-22-17(14-27-20)21(24)23(2)16-8-6-5-7-9-16/h4-11,13-14H,1,12H2,2-3H3. The van der Waals surface area contributed by atoms with Crippen molar-refractivity contribution in [3.8, 4) is 22.1 Å². The lowest BCUT2D eigenvalue weighted by atomic mass is 10.2. The summed E-state index contributed by atoms with van der Waals surface area (Å²) in [7, 11) is 3.33. The van der Waals surface area contributed by atoms with E-state index in [0.29, 0.717) is 23.8 Å². The highest BCUT2D eigenvalue weighted by molar-refractivity contribution is 7.13. The van der Waals surface area contributed by atoms with Gasteiger partial charge in [-0.2, -0.15) is 0 Å². The van der Waals surface area contributed by atoms with Gasteiger partial charge in [0.05, 0.1) is 7.11 Å². The highest BCUT2D eigenvalue weighted by Crippen LogP contribution is 2.34. The highest BCUT2D eigenvalue weighted by Gasteiger charge is 2.18. The van der Waals surface area contributed by atoms with E-state index in [1.807, 2.05) is 48.5 Å². The number of nitrogens with zero attached hydrogens (tertiary/aromatic N) is 2. The molecule has 0 aliphatic heterocycles. The fraction of sp³-hybridized carbons (Fsp3) is 0.143. The van der Waals surface area contributed by atoms with E-state index in [-0.39, 0.29) is 5.91 Å². The molecule has 0 radical (unpaired) electrons. The molecule has 1 aromatic heterocycles. The summed E-state index contributed by atoms with van der Waals surface area (Å²) in [5.74, 6) is 1.10. The molecule has 138 valence electrons. The summed E-state index contributed by atoms with van der Waals surface area (Å²) in [5.41, 5.74) is 2.10. The number of rotatable bonds is 7. The van der Waals surface area contributed by atoms with Gasteiger partial charge in [0.15, 0.2) is 11.5 Å². The van der Waals surface area contributed by atoms with Crippen molar-refractivity contribution in [2.75, 3.05) is 25.7 Å². The molecule has 1 heterocycles. The lowest BCUT2D eigenvalue weighted by molar-refractivity contribution is 0.0989. The third-order valence-corrected chi connectivity index (χ3v) is 4.83. The molecule has 27 heavy (non-hydrogen) atoms. The highest BCUT2D eigenvalue weighted by atomic mass is 32.1. The Morgan fingerprint density at radius 3 is 2.70 bits per heavy atom. The fourth-order valence-corrected chi connectivity index (χ4v) is 3.30. The Morgan fingerprint density at radius 1 is 1.22 bits per heavy atom. The summed E-state index contributed by atoms with van der Waals surface area (Å²) in [5, 5.41) is 2.51. The van der Waals surface area contributed by atoms with Gasteiger partial charge in [-0.05, 0) is 30.3 Å². The molecule has 0 saturated heterocycles. The van der Waals surface area contributed by atoms with Crippen LogP contribution >= 0.6 is 11.3 Å². The number of benzene rings is 2. The molecule has 3 aromatic rings. The Hall–Kier alpha value is -3.12. The van der Waals surface area contributed by atoms with Crippen molar-refractivity contribution in [2.24, 2.45) is 0 Å². The van der Waals surface area contributed by atoms with E-state index in [4.69, 9.17) is 9.47 Å². The zero-order valence-electron chi connectivity index (χ0n) is 15.2. The van der Waals surface area contributed by atoms with E-state index in [9.17, 15) is 4.79 Å². The zero-order chi connectivity index (χ0) is 19.2. The summed E-state index contributed by atoms with van der Waals surface area (Å²) in [6.07, 6.45) is 1.68. The van der Waals surface area contributed by atoms with E-state index in [1.165, 1.54) is 11.3 Å². The minimum absolute atomic E-state index is 0.151. The first-order chi connectivity index (χ1) is 13.1. The molecule has 0 unspecified atom stereocenters. The topological polar surface area (TPSA) is 51.7 Å². The number of carbonyl (C=O) groups excluding carboxylic acids is 1. The smallest absolute Gasteiger partial charge is 0.277 e. The first-order valence-electron chi connectivity index (χ1n) is 8.34. The summed E-state index contributed by atoms with van der Waals surface area (Å²) in [6, 6.07) is 15.1. The maximum absolute atomic E-state index is 12.7. The van der Waals surface area contributed by atoms with Crippen molar-refractivity contribution in [1.29, 1.82) is 0 Å². The molecule has 0 fully saturated rings. The predicted molar refractivity (Wildman–Crippen MR) is 109 cm³/mol. The van der Waals surface area contributed by atoms with Gasteiger partial charge in [-0.1, -0.05) is 30.9 Å². The maximum Gasteiger partial charge on any atom is 0.277 e. The average Bonchev–Trinajstić information content (AvgIpc) is 3.22. The van der Waals surface area contributed by atoms with Crippen molar-refractivity contribution < 1.29 is 14.3 Å². The molecule has 0 aliphatic carbocycles. The first-order valence-corrected chi connectivity index (χ1v) is 9.22. The summed E-state index contributed by atoms with van der Waals surface area (Å²) in [4.78, 5) is 18.8. The first kappa shape index (κ1) is 18.7. The van der Waals surface area contributed by atoms with E-state index in [0.717, 1.165) is 16.3 Å². The number of ether oxygens (including phenoxy) is 2. The lowest BCUT2D eigenvalue weighted by Crippen LogP contribution is -2.26. The van der Waals surface area contributed by atoms with Gasteiger partial charge >= 0.3 is 0 Å². The number of methoxy groups -OCH3 is 1. The Morgan fingerprint density at radius 2 is 2.00 bits per heavy atom. The van der Waals surface area contributed by atoms with Crippen LogP contribution in [0.25, 0.3) is 10.6 Å². The fourth-order valence-electron chi connectivity index (χ4n) is 2.51. The minimum atomic E-state index is -0.151. The second kappa shape index (κ2) is 8.51. The van der Waals surface area contributed by atoms with E-state index in [2.05, 4.69) is 11.6 Å². The third kappa shape index (κ3) is 4.17. The molecule has 0 N–H and O–H groups in total. The zero-order valence-corrected chi connectivity index (χ0v) is 16.0. The van der Waals surface area contributed by atoms with Crippen LogP contribution < -0.4 is 14.4 Å². The van der Waals surface area contributed by atoms with Crippen LogP contribution in [0.15, 0.2) is 66.6 Å². The van der Waals surface area contributed by atoms with E-state index >= 15 is 0 Å². The van der Waals surface area contributed by atoms with Gasteiger partial charge in [-0.15, -0.1) is 11.3 Å². The summed E-state index contributed by atoms with van der Waals surface area (Å²) in [6.45, 7) is 4.04. The van der Waals surface area contributed by atoms with Crippen LogP contribution in [0.3, 0.4) is 0 Å². The average molecular weight is 380 g/mol. The van der Waals surface area contributed by atoms with Crippen LogP contribution in [0.4, 0.5) is 5.69 Å². The largest absolute Gasteiger partial charge is 0.493 e. The van der Waals surface area contributed by atoms with E-state index in [1.54, 1.807) is 30.5 Å². The van der Waals surface area contributed by atoms with Crippen LogP contribution in [0.2, 0.25) is 0 Å². The van der Waals surface area contributed by atoms with E-state index < -0.39 is 0 Å². The molecule has 2 aromatic carbocycles. The molecule has 0 aliphatic rings. The monoisotopic (exact) mass is 380 g/mol. The SMILES string of the molecule is C=CCOc1ccc(-c2nc(C(=O)N(C)c3ccccc3)cs2)cc1OC. The third-order valence-electron chi connectivity index (χ3n) is 3.94. The number of carbonyl (C=O) groups is 1. The number of hydrogen-bond acceptors (Lipinski definition) is 5. The summed E-state index contributed by atoms with van der Waals surface area (Å²) >= 11 is 1.42. The van der Waals surface area contributed by atoms with Crippen molar-refractivity contribution in [1.82, 2.24) is 4.98 Å². The molecule has 0 spiro atoms. The van der Waals surface area contributed by atoms with Gasteiger partial charge in [-0.3, -0.25) is 4.79 Å². The van der Waals surface area contributed by atoms with Crippen molar-refractivity contribution in [3.63, 3.8) is 0 Å². The molecule has 0 saturated carbocycles. The molecule has 6 heteroatoms. The Bertz CT molecular complexity index is 938. The quantitative estimate of drug-likeness (QED) is 0.560. The lowest BCUT2D eigenvalue weighted by Gasteiger charge is -2.15. The predicted octanol–water partition coefficient (Wildman–Crippen LogP) is 4.66. The second-order valence-electron chi connectivity index (χ2n) is 5.70. The van der Waals surface area contributed by atoms with Crippen LogP contribution in [0.5, 0.6) is 11.5 Å². The van der Waals surface area contributed by atoms with Gasteiger partial charge in [-0.25, -0.2) is 4.98 Å². The van der Waals surface area contributed by atoms with Gasteiger partial charge in [0.25, 0.3) is 5.91 Å². The van der Waals surface area contributed by atoms with Gasteiger partial charge in [0.2, 0.25) is 0 Å². The van der Waals surface area contributed by atoms with Gasteiger partial charge < -0.3 is 14.4 Å². The van der Waals surface area contributed by atoms with Gasteiger partial charge in [0.1, 0.15) is 17.3 Å². The van der Waals surface area contributed by atoms with Crippen LogP contribution in [-0.4, -0.2) is 31.7 Å². The molecule has 5 nitrogen and oxygen atoms in total. The van der Waals surface area contributed by atoms with Crippen molar-refractivity contribution in [3.05, 3.63) is 72.3 Å². The number of thiazole rings is 1. The number of amides is 1. The molecule has 0 bridgehead atoms. The number of para-hydroxylation sites is 1. The molecular weight excluding hydrogens is 360 g/mol. The minimum Gasteiger partial charge on any atom is -0.493 e. The second-order valence-corrected chi connectivity index (χ2v) is 6.56. The van der Waals surface area contributed by atoms with Gasteiger partial charge in [0, 0.05) is 23.7 Å². The molecular formula is C21H20N2O3S. The molecule has 1 amide bonds. The number of aromatic nitrogens is 1. The molecule has 3 rings (SSSR count). The van der Waals surface area contributed by atoms with Crippen LogP contribution in [0.1, 0.15) is 10.5 Å².